The quantitative estimate of drug-likeness (QED) is 0.0950. The van der Waals surface area contributed by atoms with Crippen molar-refractivity contribution in [2.75, 3.05) is 0 Å². The van der Waals surface area contributed by atoms with Crippen LogP contribution in [0, 0.1) is 54.7 Å². The second kappa shape index (κ2) is 9.87. The zero-order chi connectivity index (χ0) is 31.9. The summed E-state index contributed by atoms with van der Waals surface area (Å²) in [5, 5.41) is 21.8. The van der Waals surface area contributed by atoms with E-state index in [0.717, 1.165) is 48.5 Å². The highest BCUT2D eigenvalue weighted by atomic mass is 32.2. The highest BCUT2D eigenvalue weighted by Gasteiger charge is 2.74. The molecule has 4 bridgehead atoms. The number of carbonyl (C=O) groups is 3. The van der Waals surface area contributed by atoms with E-state index in [4.69, 9.17) is 8.47 Å². The molecule has 2 saturated heterocycles. The standard InChI is InChI=1S/C24H17N4O14S2/c29-21-15-9-10-16-18(20(21)24(25(16)32)41-43(37,38)13-5-1-11(2-6-13)27(33)34)19-17(15)22(30)26(23(19)31)42-44(39,40)14-7-3-12(4-8-14)28(35)36/h1-10,15-20,24H/q+1. The number of benzene rings is 2. The summed E-state index contributed by atoms with van der Waals surface area (Å²) >= 11 is 0. The van der Waals surface area contributed by atoms with Crippen LogP contribution < -0.4 is 0 Å². The molecule has 3 aliphatic carbocycles. The molecular weight excluding hydrogens is 632 g/mol. The molecule has 18 nitrogen and oxygen atoms in total. The number of amides is 2. The number of nitro benzene ring substituents is 2. The van der Waals surface area contributed by atoms with Gasteiger partial charge in [0.1, 0.15) is 5.92 Å². The van der Waals surface area contributed by atoms with Gasteiger partial charge < -0.3 is 0 Å². The van der Waals surface area contributed by atoms with Crippen LogP contribution in [0.2, 0.25) is 0 Å². The van der Waals surface area contributed by atoms with Gasteiger partial charge in [-0.25, -0.2) is 0 Å². The molecule has 1 saturated carbocycles. The van der Waals surface area contributed by atoms with Gasteiger partial charge in [0, 0.05) is 39.9 Å². The smallest absolute Gasteiger partial charge is 0.298 e. The zero-order valence-electron chi connectivity index (χ0n) is 21.6. The van der Waals surface area contributed by atoms with E-state index in [1.807, 2.05) is 0 Å². The number of allylic oxidation sites excluding steroid dienone is 1. The highest BCUT2D eigenvalue weighted by molar-refractivity contribution is 7.87. The largest absolute Gasteiger partial charge is 0.330 e. The Labute approximate surface area is 245 Å². The van der Waals surface area contributed by atoms with Crippen LogP contribution in [0.15, 0.2) is 70.5 Å². The number of nitrogens with zero attached hydrogens (tertiary/aromatic N) is 4. The number of nitroso groups, excluding NO2 is 1. The fraction of sp³-hybridized carbons (Fsp3) is 0.292. The molecule has 7 rings (SSSR count). The molecule has 0 spiro atoms. The van der Waals surface area contributed by atoms with Crippen molar-refractivity contribution in [1.29, 1.82) is 0 Å². The van der Waals surface area contributed by atoms with E-state index < -0.39 is 111 Å². The Morgan fingerprint density at radius 2 is 1.23 bits per heavy atom. The van der Waals surface area contributed by atoms with Crippen LogP contribution in [0.5, 0.6) is 0 Å². The van der Waals surface area contributed by atoms with E-state index in [-0.39, 0.29) is 9.82 Å². The number of nitro groups is 2. The van der Waals surface area contributed by atoms with E-state index in [1.54, 1.807) is 0 Å². The Hall–Kier alpha value is -4.79. The Morgan fingerprint density at radius 3 is 1.75 bits per heavy atom. The van der Waals surface area contributed by atoms with Crippen LogP contribution in [-0.4, -0.2) is 66.4 Å². The maximum atomic E-state index is 13.6. The predicted octanol–water partition coefficient (Wildman–Crippen LogP) is 0.618. The molecule has 2 aliphatic heterocycles. The molecule has 5 aliphatic rings. The third-order valence-electron chi connectivity index (χ3n) is 8.06. The van der Waals surface area contributed by atoms with Crippen molar-refractivity contribution in [2.45, 2.75) is 22.1 Å². The molecule has 20 heteroatoms. The summed E-state index contributed by atoms with van der Waals surface area (Å²) < 4.78 is 61.9. The van der Waals surface area contributed by atoms with Crippen LogP contribution in [-0.2, 0) is 43.1 Å². The number of hydroxylamine groups is 2. The number of Topliss-reactive ketones (excluding diaryl/α,β-unsaturated/α-hetero) is 1. The van der Waals surface area contributed by atoms with E-state index in [0.29, 0.717) is 0 Å². The molecule has 0 radical (unpaired) electrons. The maximum Gasteiger partial charge on any atom is 0.330 e. The van der Waals surface area contributed by atoms with Gasteiger partial charge in [0.25, 0.3) is 23.2 Å². The lowest BCUT2D eigenvalue weighted by Crippen LogP contribution is -2.49. The van der Waals surface area contributed by atoms with E-state index in [9.17, 15) is 56.4 Å². The van der Waals surface area contributed by atoms with Crippen molar-refractivity contribution in [3.05, 3.63) is 85.8 Å². The Morgan fingerprint density at radius 1 is 0.727 bits per heavy atom. The van der Waals surface area contributed by atoms with Gasteiger partial charge in [-0.05, 0) is 30.3 Å². The Balaban J connectivity index is 1.30. The van der Waals surface area contributed by atoms with Gasteiger partial charge in [0.2, 0.25) is 6.04 Å². The summed E-state index contributed by atoms with van der Waals surface area (Å²) in [4.78, 5) is 72.9. The molecule has 0 N–H and O–H groups in total. The number of hydrogen-bond acceptors (Lipinski definition) is 14. The predicted molar refractivity (Wildman–Crippen MR) is 137 cm³/mol. The van der Waals surface area contributed by atoms with Crippen molar-refractivity contribution < 1.29 is 54.3 Å². The molecule has 7 unspecified atom stereocenters. The SMILES string of the molecule is O=C1C2C=CC3C(C4C(=O)N(OS(=O)(=O)c5ccc([N+](=O)[O-])cc5)C(=O)C24)C1C(OS(=O)(=O)c1ccc([N+](=O)[O-])cc1)[N+]3=O. The number of ketones is 1. The third kappa shape index (κ3) is 4.32. The first-order chi connectivity index (χ1) is 20.6. The van der Waals surface area contributed by atoms with Gasteiger partial charge in [-0.3, -0.25) is 34.6 Å². The second-order valence-electron chi connectivity index (χ2n) is 10.3. The van der Waals surface area contributed by atoms with E-state index >= 15 is 0 Å². The molecule has 0 aromatic heterocycles. The average Bonchev–Trinajstić information content (AvgIpc) is 3.22. The Bertz CT molecular complexity index is 1920. The van der Waals surface area contributed by atoms with Crippen molar-refractivity contribution in [3.8, 4) is 0 Å². The summed E-state index contributed by atoms with van der Waals surface area (Å²) in [5.74, 6) is -10.3. The van der Waals surface area contributed by atoms with Crippen molar-refractivity contribution in [1.82, 2.24) is 5.06 Å². The number of imide groups is 1. The van der Waals surface area contributed by atoms with Crippen LogP contribution in [0.1, 0.15) is 0 Å². The summed E-state index contributed by atoms with van der Waals surface area (Å²) in [6, 6.07) is 5.59. The summed E-state index contributed by atoms with van der Waals surface area (Å²) in [7, 11) is -9.67. The van der Waals surface area contributed by atoms with Crippen molar-refractivity contribution in [3.63, 3.8) is 0 Å². The van der Waals surface area contributed by atoms with Gasteiger partial charge in [0.05, 0.1) is 37.4 Å². The minimum Gasteiger partial charge on any atom is -0.298 e. The van der Waals surface area contributed by atoms with Gasteiger partial charge in [-0.15, -0.1) is 9.35 Å². The van der Waals surface area contributed by atoms with Crippen LogP contribution in [0.3, 0.4) is 0 Å². The molecule has 44 heavy (non-hydrogen) atoms. The summed E-state index contributed by atoms with van der Waals surface area (Å²) in [6.45, 7) is 0. The zero-order valence-corrected chi connectivity index (χ0v) is 23.3. The van der Waals surface area contributed by atoms with E-state index in [2.05, 4.69) is 0 Å². The minimum absolute atomic E-state index is 0.0259. The van der Waals surface area contributed by atoms with Crippen LogP contribution in [0.25, 0.3) is 0 Å². The van der Waals surface area contributed by atoms with Crippen molar-refractivity contribution >= 4 is 49.2 Å². The first kappa shape index (κ1) is 29.3. The van der Waals surface area contributed by atoms with Crippen molar-refractivity contribution in [2.24, 2.45) is 29.6 Å². The van der Waals surface area contributed by atoms with Gasteiger partial charge in [-0.1, -0.05) is 6.08 Å². The highest BCUT2D eigenvalue weighted by Crippen LogP contribution is 2.55. The number of non-ortho nitro benzene ring substituents is 2. The summed E-state index contributed by atoms with van der Waals surface area (Å²) in [5.41, 5.74) is -0.857. The molecule has 2 aromatic carbocycles. The number of carbonyl (C=O) groups excluding carboxylic acids is 3. The first-order valence-electron chi connectivity index (χ1n) is 12.6. The first-order valence-corrected chi connectivity index (χ1v) is 15.4. The fourth-order valence-corrected chi connectivity index (χ4v) is 8.11. The molecule has 2 amide bonds. The molecule has 228 valence electrons. The van der Waals surface area contributed by atoms with Gasteiger partial charge in [0.15, 0.2) is 5.78 Å². The minimum atomic E-state index is -4.89. The normalized spacial score (nSPS) is 29.2. The maximum absolute atomic E-state index is 13.6. The molecule has 3 fully saturated rings. The lowest BCUT2D eigenvalue weighted by molar-refractivity contribution is -0.624. The third-order valence-corrected chi connectivity index (χ3v) is 10.6. The summed E-state index contributed by atoms with van der Waals surface area (Å²) in [6.07, 6.45) is 0.517. The van der Waals surface area contributed by atoms with Crippen LogP contribution >= 0.6 is 0 Å². The number of hydrogen-bond donors (Lipinski definition) is 0. The van der Waals surface area contributed by atoms with Gasteiger partial charge in [-0.2, -0.15) is 21.0 Å². The average molecular weight is 650 g/mol. The second-order valence-corrected chi connectivity index (χ2v) is 13.4. The fourth-order valence-electron chi connectivity index (χ4n) is 6.17. The van der Waals surface area contributed by atoms with Crippen LogP contribution in [0.4, 0.5) is 11.4 Å². The Kier molecular flexibility index (Phi) is 6.57. The number of rotatable bonds is 8. The molecular formula is C24H17N4O14S2+. The molecule has 2 heterocycles. The topological polar surface area (TPSA) is 248 Å². The molecule has 2 aromatic rings. The lowest BCUT2D eigenvalue weighted by Gasteiger charge is -2.33. The monoisotopic (exact) mass is 649 g/mol. The molecule has 7 atom stereocenters. The lowest BCUT2D eigenvalue weighted by atomic mass is 9.63. The van der Waals surface area contributed by atoms with E-state index in [1.165, 1.54) is 12.2 Å². The van der Waals surface area contributed by atoms with Gasteiger partial charge >= 0.3 is 26.5 Å².